The molecule has 0 radical (unpaired) electrons. The molecule has 2 aromatic rings. The minimum absolute atomic E-state index is 0.0890. The number of hydrogen-bond acceptors (Lipinski definition) is 4. The molecule has 28 heavy (non-hydrogen) atoms. The molecule has 2 N–H and O–H groups in total. The zero-order valence-electron chi connectivity index (χ0n) is 14.8. The summed E-state index contributed by atoms with van der Waals surface area (Å²) < 4.78 is 29.4. The van der Waals surface area contributed by atoms with Crippen LogP contribution in [0.3, 0.4) is 0 Å². The number of halogens is 4. The van der Waals surface area contributed by atoms with Crippen LogP contribution < -0.4 is 10.1 Å². The smallest absolute Gasteiger partial charge is 0.387 e. The molecule has 0 saturated heterocycles. The van der Waals surface area contributed by atoms with E-state index in [0.29, 0.717) is 16.5 Å². The molecule has 1 aliphatic rings. The summed E-state index contributed by atoms with van der Waals surface area (Å²) in [6.45, 7) is -3.09. The third-order valence-electron chi connectivity index (χ3n) is 4.54. The van der Waals surface area contributed by atoms with Crippen molar-refractivity contribution < 1.29 is 23.4 Å². The van der Waals surface area contributed by atoms with Crippen molar-refractivity contribution in [1.82, 2.24) is 4.90 Å². The van der Waals surface area contributed by atoms with E-state index in [0.717, 1.165) is 11.1 Å². The Morgan fingerprint density at radius 3 is 2.79 bits per heavy atom. The first-order valence-corrected chi connectivity index (χ1v) is 9.21. The summed E-state index contributed by atoms with van der Waals surface area (Å²) in [4.78, 5) is 14.1. The van der Waals surface area contributed by atoms with Gasteiger partial charge in [-0.2, -0.15) is 8.78 Å². The molecule has 0 fully saturated rings. The number of fused-ring (bicyclic) bond motifs is 1. The Kier molecular flexibility index (Phi) is 6.40. The van der Waals surface area contributed by atoms with Gasteiger partial charge in [0, 0.05) is 16.5 Å². The molecule has 0 spiro atoms. The van der Waals surface area contributed by atoms with Gasteiger partial charge in [0.15, 0.2) is 0 Å². The Hall–Kier alpha value is -1.93. The zero-order chi connectivity index (χ0) is 20.4. The number of aliphatic hydroxyl groups excluding tert-OH is 1. The SMILES string of the molecule is CN(CC(=O)Nc1ccccc1OC(F)F)[C@H]1c2cc(Cl)cc(Cl)c2C[C@H]1O. The third-order valence-corrected chi connectivity index (χ3v) is 5.09. The number of anilines is 1. The number of carbonyl (C=O) groups is 1. The number of benzene rings is 2. The van der Waals surface area contributed by atoms with Gasteiger partial charge in [-0.15, -0.1) is 0 Å². The topological polar surface area (TPSA) is 61.8 Å². The summed E-state index contributed by atoms with van der Waals surface area (Å²) in [5, 5.41) is 13.9. The van der Waals surface area contributed by atoms with Crippen LogP contribution in [0, 0.1) is 0 Å². The Morgan fingerprint density at radius 1 is 1.36 bits per heavy atom. The molecule has 0 heterocycles. The molecule has 0 saturated carbocycles. The van der Waals surface area contributed by atoms with E-state index in [1.807, 2.05) is 0 Å². The highest BCUT2D eigenvalue weighted by Crippen LogP contribution is 2.40. The van der Waals surface area contributed by atoms with Gasteiger partial charge in [0.1, 0.15) is 5.75 Å². The van der Waals surface area contributed by atoms with Gasteiger partial charge in [0.25, 0.3) is 0 Å². The number of ether oxygens (including phenoxy) is 1. The summed E-state index contributed by atoms with van der Waals surface area (Å²) >= 11 is 12.3. The molecule has 0 unspecified atom stereocenters. The van der Waals surface area contributed by atoms with Crippen LogP contribution in [0.2, 0.25) is 10.0 Å². The van der Waals surface area contributed by atoms with Gasteiger partial charge >= 0.3 is 6.61 Å². The fourth-order valence-electron chi connectivity index (χ4n) is 3.45. The maximum absolute atomic E-state index is 12.5. The Balaban J connectivity index is 1.73. The van der Waals surface area contributed by atoms with Crippen molar-refractivity contribution in [3.63, 3.8) is 0 Å². The van der Waals surface area contributed by atoms with E-state index in [1.54, 1.807) is 30.1 Å². The standard InChI is InChI=1S/C19H18Cl2F2N2O3/c1-25(18-12-6-10(20)7-13(21)11(12)8-15(18)26)9-17(27)24-14-4-2-3-5-16(14)28-19(22)23/h2-7,15,18-19,26H,8-9H2,1H3,(H,24,27)/t15-,18+/m1/s1. The highest BCUT2D eigenvalue weighted by Gasteiger charge is 2.36. The van der Waals surface area contributed by atoms with E-state index in [1.165, 1.54) is 18.2 Å². The second-order valence-electron chi connectivity index (χ2n) is 6.51. The van der Waals surface area contributed by atoms with Crippen molar-refractivity contribution in [2.75, 3.05) is 18.9 Å². The first kappa shape index (κ1) is 20.8. The van der Waals surface area contributed by atoms with Crippen LogP contribution in [0.5, 0.6) is 5.75 Å². The number of nitrogens with zero attached hydrogens (tertiary/aromatic N) is 1. The lowest BCUT2D eigenvalue weighted by Gasteiger charge is -2.27. The summed E-state index contributed by atoms with van der Waals surface area (Å²) in [6, 6.07) is 8.80. The molecule has 1 amide bonds. The lowest BCUT2D eigenvalue weighted by atomic mass is 10.1. The number of alkyl halides is 2. The third kappa shape index (κ3) is 4.55. The Bertz CT molecular complexity index is 882. The van der Waals surface area contributed by atoms with E-state index >= 15 is 0 Å². The van der Waals surface area contributed by atoms with Gasteiger partial charge < -0.3 is 15.2 Å². The predicted molar refractivity (Wildman–Crippen MR) is 103 cm³/mol. The molecule has 2 atom stereocenters. The normalized spacial score (nSPS) is 18.4. The molecule has 0 aliphatic heterocycles. The van der Waals surface area contributed by atoms with Crippen molar-refractivity contribution in [2.45, 2.75) is 25.2 Å². The van der Waals surface area contributed by atoms with Crippen LogP contribution in [0.25, 0.3) is 0 Å². The molecule has 150 valence electrons. The Labute approximate surface area is 170 Å². The van der Waals surface area contributed by atoms with Crippen molar-refractivity contribution in [3.8, 4) is 5.75 Å². The van der Waals surface area contributed by atoms with Crippen LogP contribution in [0.1, 0.15) is 17.2 Å². The summed E-state index contributed by atoms with van der Waals surface area (Å²) in [6.07, 6.45) is -0.397. The van der Waals surface area contributed by atoms with Crippen molar-refractivity contribution in [3.05, 3.63) is 57.6 Å². The van der Waals surface area contributed by atoms with Gasteiger partial charge in [-0.25, -0.2) is 0 Å². The van der Waals surface area contributed by atoms with Crippen LogP contribution in [0.15, 0.2) is 36.4 Å². The molecule has 5 nitrogen and oxygen atoms in total. The largest absolute Gasteiger partial charge is 0.433 e. The number of likely N-dealkylation sites (N-methyl/N-ethyl adjacent to an activating group) is 1. The summed E-state index contributed by atoms with van der Waals surface area (Å²) in [5.41, 5.74) is 1.70. The first-order valence-electron chi connectivity index (χ1n) is 8.46. The number of para-hydroxylation sites is 2. The van der Waals surface area contributed by atoms with Crippen molar-refractivity contribution in [1.29, 1.82) is 0 Å². The highest BCUT2D eigenvalue weighted by molar-refractivity contribution is 6.35. The Morgan fingerprint density at radius 2 is 2.07 bits per heavy atom. The molecule has 3 rings (SSSR count). The lowest BCUT2D eigenvalue weighted by molar-refractivity contribution is -0.118. The molecular formula is C19H18Cl2F2N2O3. The van der Waals surface area contributed by atoms with E-state index in [9.17, 15) is 18.7 Å². The van der Waals surface area contributed by atoms with E-state index in [2.05, 4.69) is 10.1 Å². The second kappa shape index (κ2) is 8.61. The van der Waals surface area contributed by atoms with Gasteiger partial charge in [-0.3, -0.25) is 9.69 Å². The number of amides is 1. The van der Waals surface area contributed by atoms with Crippen LogP contribution in [-0.2, 0) is 11.2 Å². The van der Waals surface area contributed by atoms with Crippen LogP contribution >= 0.6 is 23.2 Å². The van der Waals surface area contributed by atoms with Gasteiger partial charge in [0.2, 0.25) is 5.91 Å². The fraction of sp³-hybridized carbons (Fsp3) is 0.316. The quantitative estimate of drug-likeness (QED) is 0.723. The maximum Gasteiger partial charge on any atom is 0.387 e. The minimum Gasteiger partial charge on any atom is -0.433 e. The van der Waals surface area contributed by atoms with E-state index < -0.39 is 24.7 Å². The second-order valence-corrected chi connectivity index (χ2v) is 7.35. The van der Waals surface area contributed by atoms with E-state index in [-0.39, 0.29) is 18.0 Å². The zero-order valence-corrected chi connectivity index (χ0v) is 16.3. The number of nitrogens with one attached hydrogen (secondary N) is 1. The maximum atomic E-state index is 12.5. The highest BCUT2D eigenvalue weighted by atomic mass is 35.5. The number of carbonyl (C=O) groups excluding carboxylic acids is 1. The van der Waals surface area contributed by atoms with E-state index in [4.69, 9.17) is 23.2 Å². The first-order chi connectivity index (χ1) is 13.3. The molecular weight excluding hydrogens is 413 g/mol. The molecule has 9 heteroatoms. The summed E-state index contributed by atoms with van der Waals surface area (Å²) in [5.74, 6) is -0.570. The fourth-order valence-corrected chi connectivity index (χ4v) is 4.03. The minimum atomic E-state index is -3.00. The van der Waals surface area contributed by atoms with Gasteiger partial charge in [-0.1, -0.05) is 35.3 Å². The molecule has 0 aromatic heterocycles. The number of aliphatic hydroxyl groups is 1. The average molecular weight is 431 g/mol. The van der Waals surface area contributed by atoms with Crippen molar-refractivity contribution in [2.24, 2.45) is 0 Å². The van der Waals surface area contributed by atoms with Crippen LogP contribution in [-0.4, -0.2) is 42.2 Å². The average Bonchev–Trinajstić information content (AvgIpc) is 2.92. The lowest BCUT2D eigenvalue weighted by Crippen LogP contribution is -2.37. The molecule has 0 bridgehead atoms. The van der Waals surface area contributed by atoms with Gasteiger partial charge in [0.05, 0.1) is 24.4 Å². The number of hydrogen-bond donors (Lipinski definition) is 2. The molecule has 1 aliphatic carbocycles. The van der Waals surface area contributed by atoms with Crippen LogP contribution in [0.4, 0.5) is 14.5 Å². The molecule has 2 aromatic carbocycles. The van der Waals surface area contributed by atoms with Crippen molar-refractivity contribution >= 4 is 34.8 Å². The van der Waals surface area contributed by atoms with Gasteiger partial charge in [-0.05, 0) is 42.4 Å². The number of rotatable bonds is 6. The predicted octanol–water partition coefficient (Wildman–Crippen LogP) is 4.12. The summed E-state index contributed by atoms with van der Waals surface area (Å²) in [7, 11) is 1.68. The monoisotopic (exact) mass is 430 g/mol.